The number of nitrogens with zero attached hydrogens (tertiary/aromatic N) is 1. The molecular weight excluding hydrogens is 350 g/mol. The van der Waals surface area contributed by atoms with Crippen molar-refractivity contribution in [2.45, 2.75) is 12.8 Å². The van der Waals surface area contributed by atoms with E-state index in [1.54, 1.807) is 0 Å². The number of rotatable bonds is 2. The van der Waals surface area contributed by atoms with E-state index in [0.717, 1.165) is 6.20 Å². The van der Waals surface area contributed by atoms with Crippen LogP contribution in [0.4, 0.5) is 13.2 Å². The van der Waals surface area contributed by atoms with E-state index in [2.05, 4.69) is 4.98 Å². The minimum atomic E-state index is -4.68. The van der Waals surface area contributed by atoms with E-state index in [-0.39, 0.29) is 31.8 Å². The van der Waals surface area contributed by atoms with Crippen molar-refractivity contribution in [1.29, 1.82) is 0 Å². The average Bonchev–Trinajstić information content (AvgIpc) is 2.42. The molecule has 2 nitrogen and oxygen atoms in total. The summed E-state index contributed by atoms with van der Waals surface area (Å²) in [6, 6.07) is 3.79. The summed E-state index contributed by atoms with van der Waals surface area (Å²) in [4.78, 5) is 3.36. The molecule has 0 bridgehead atoms. The van der Waals surface area contributed by atoms with Crippen LogP contribution < -0.4 is 0 Å². The molecule has 0 atom stereocenters. The smallest absolute Gasteiger partial charge is 0.392 e. The molecule has 1 heterocycles. The lowest BCUT2D eigenvalue weighted by Crippen LogP contribution is -2.12. The highest BCUT2D eigenvalue weighted by molar-refractivity contribution is 6.48. The molecule has 1 aromatic heterocycles. The van der Waals surface area contributed by atoms with E-state index in [4.69, 9.17) is 34.8 Å². The van der Waals surface area contributed by atoms with Gasteiger partial charge in [-0.3, -0.25) is 4.98 Å². The van der Waals surface area contributed by atoms with Gasteiger partial charge in [-0.25, -0.2) is 0 Å². The standard InChI is InChI=1S/C13H7Cl3F3NO/c14-8-3-7(4-9(15)11(8)16)10-6(5-21)1-2-20-12(10)13(17,18)19/h1-4,21H,5H2. The molecule has 8 heteroatoms. The molecule has 0 aliphatic heterocycles. The van der Waals surface area contributed by atoms with E-state index in [0.29, 0.717) is 0 Å². The van der Waals surface area contributed by atoms with Gasteiger partial charge in [0.1, 0.15) is 0 Å². The van der Waals surface area contributed by atoms with Gasteiger partial charge in [0.15, 0.2) is 5.69 Å². The summed E-state index contributed by atoms with van der Waals surface area (Å²) in [7, 11) is 0. The zero-order valence-corrected chi connectivity index (χ0v) is 12.4. The molecule has 0 radical (unpaired) electrons. The van der Waals surface area contributed by atoms with Crippen molar-refractivity contribution in [2.75, 3.05) is 0 Å². The average molecular weight is 357 g/mol. The maximum Gasteiger partial charge on any atom is 0.433 e. The quantitative estimate of drug-likeness (QED) is 0.748. The summed E-state index contributed by atoms with van der Waals surface area (Å²) in [5, 5.41) is 9.35. The van der Waals surface area contributed by atoms with Crippen molar-refractivity contribution in [3.63, 3.8) is 0 Å². The summed E-state index contributed by atoms with van der Waals surface area (Å²) in [6.07, 6.45) is -3.70. The van der Waals surface area contributed by atoms with E-state index < -0.39 is 18.5 Å². The lowest BCUT2D eigenvalue weighted by atomic mass is 9.98. The third kappa shape index (κ3) is 3.26. The largest absolute Gasteiger partial charge is 0.433 e. The van der Waals surface area contributed by atoms with E-state index in [1.807, 2.05) is 0 Å². The Bertz CT molecular complexity index is 666. The Morgan fingerprint density at radius 2 is 1.67 bits per heavy atom. The second kappa shape index (κ2) is 6.01. The number of aromatic nitrogens is 1. The molecule has 0 aliphatic rings. The first-order valence-corrected chi connectivity index (χ1v) is 6.70. The Balaban J connectivity index is 2.79. The van der Waals surface area contributed by atoms with Crippen LogP contribution in [0.5, 0.6) is 0 Å². The van der Waals surface area contributed by atoms with Gasteiger partial charge in [-0.2, -0.15) is 13.2 Å². The predicted octanol–water partition coefficient (Wildman–Crippen LogP) is 5.22. The van der Waals surface area contributed by atoms with Crippen molar-refractivity contribution >= 4 is 34.8 Å². The van der Waals surface area contributed by atoms with E-state index >= 15 is 0 Å². The Hall–Kier alpha value is -1.01. The van der Waals surface area contributed by atoms with Gasteiger partial charge in [-0.05, 0) is 29.3 Å². The minimum absolute atomic E-state index is 0.0139. The number of benzene rings is 1. The topological polar surface area (TPSA) is 33.1 Å². The lowest BCUT2D eigenvalue weighted by Gasteiger charge is -2.16. The van der Waals surface area contributed by atoms with Crippen LogP contribution in [-0.4, -0.2) is 10.1 Å². The van der Waals surface area contributed by atoms with Crippen molar-refractivity contribution in [3.05, 3.63) is 50.7 Å². The molecule has 1 aromatic carbocycles. The van der Waals surface area contributed by atoms with Gasteiger partial charge in [0.05, 0.1) is 21.7 Å². The summed E-state index contributed by atoms with van der Waals surface area (Å²) >= 11 is 17.5. The van der Waals surface area contributed by atoms with Crippen LogP contribution in [0.15, 0.2) is 24.4 Å². The zero-order valence-electron chi connectivity index (χ0n) is 10.2. The third-order valence-corrected chi connectivity index (χ3v) is 3.95. The number of aliphatic hydroxyl groups excluding tert-OH is 1. The molecular formula is C13H7Cl3F3NO. The summed E-state index contributed by atoms with van der Waals surface area (Å²) in [5.74, 6) is 0. The highest BCUT2D eigenvalue weighted by Crippen LogP contribution is 2.41. The van der Waals surface area contributed by atoms with E-state index in [1.165, 1.54) is 18.2 Å². The predicted molar refractivity (Wildman–Crippen MR) is 75.6 cm³/mol. The highest BCUT2D eigenvalue weighted by Gasteiger charge is 2.36. The fraction of sp³-hybridized carbons (Fsp3) is 0.154. The molecule has 1 N–H and O–H groups in total. The second-order valence-corrected chi connectivity index (χ2v) is 5.30. The van der Waals surface area contributed by atoms with Crippen LogP contribution in [0.3, 0.4) is 0 Å². The maximum absolute atomic E-state index is 13.1. The third-order valence-electron chi connectivity index (χ3n) is 2.75. The van der Waals surface area contributed by atoms with Gasteiger partial charge in [0.2, 0.25) is 0 Å². The number of aliphatic hydroxyl groups is 1. The van der Waals surface area contributed by atoms with Crippen molar-refractivity contribution in [2.24, 2.45) is 0 Å². The van der Waals surface area contributed by atoms with Gasteiger partial charge >= 0.3 is 6.18 Å². The first-order valence-electron chi connectivity index (χ1n) is 5.56. The number of pyridine rings is 1. The minimum Gasteiger partial charge on any atom is -0.392 e. The van der Waals surface area contributed by atoms with Gasteiger partial charge in [0.25, 0.3) is 0 Å². The molecule has 2 aromatic rings. The van der Waals surface area contributed by atoms with Gasteiger partial charge in [0, 0.05) is 11.8 Å². The fourth-order valence-corrected chi connectivity index (χ4v) is 2.47. The van der Waals surface area contributed by atoms with Crippen molar-refractivity contribution in [1.82, 2.24) is 4.98 Å². The maximum atomic E-state index is 13.1. The van der Waals surface area contributed by atoms with Gasteiger partial charge < -0.3 is 5.11 Å². The SMILES string of the molecule is OCc1ccnc(C(F)(F)F)c1-c1cc(Cl)c(Cl)c(Cl)c1. The van der Waals surface area contributed by atoms with Crippen LogP contribution in [0.2, 0.25) is 15.1 Å². The Kier molecular flexibility index (Phi) is 4.68. The van der Waals surface area contributed by atoms with E-state index in [9.17, 15) is 18.3 Å². The van der Waals surface area contributed by atoms with Crippen LogP contribution in [0, 0.1) is 0 Å². The Morgan fingerprint density at radius 3 is 2.14 bits per heavy atom. The molecule has 112 valence electrons. The number of hydrogen-bond donors (Lipinski definition) is 1. The summed E-state index contributed by atoms with van der Waals surface area (Å²) < 4.78 is 39.3. The summed E-state index contributed by atoms with van der Waals surface area (Å²) in [5.41, 5.74) is -1.25. The Morgan fingerprint density at radius 1 is 1.10 bits per heavy atom. The lowest BCUT2D eigenvalue weighted by molar-refractivity contribution is -0.140. The molecule has 0 saturated heterocycles. The zero-order chi connectivity index (χ0) is 15.8. The monoisotopic (exact) mass is 355 g/mol. The molecule has 0 saturated carbocycles. The molecule has 0 fully saturated rings. The number of alkyl halides is 3. The number of hydrogen-bond acceptors (Lipinski definition) is 2. The molecule has 0 amide bonds. The fourth-order valence-electron chi connectivity index (χ4n) is 1.87. The Labute approximate surface area is 133 Å². The first kappa shape index (κ1) is 16.4. The van der Waals surface area contributed by atoms with Crippen LogP contribution in [-0.2, 0) is 12.8 Å². The normalized spacial score (nSPS) is 11.8. The molecule has 2 rings (SSSR count). The molecule has 21 heavy (non-hydrogen) atoms. The second-order valence-electron chi connectivity index (χ2n) is 4.10. The van der Waals surface area contributed by atoms with Crippen LogP contribution in [0.25, 0.3) is 11.1 Å². The van der Waals surface area contributed by atoms with Crippen LogP contribution in [0.1, 0.15) is 11.3 Å². The molecule has 0 unspecified atom stereocenters. The molecule has 0 aliphatic carbocycles. The van der Waals surface area contributed by atoms with Crippen molar-refractivity contribution in [3.8, 4) is 11.1 Å². The van der Waals surface area contributed by atoms with Gasteiger partial charge in [-0.15, -0.1) is 0 Å². The van der Waals surface area contributed by atoms with Gasteiger partial charge in [-0.1, -0.05) is 34.8 Å². The summed E-state index contributed by atoms with van der Waals surface area (Å²) in [6.45, 7) is -0.585. The number of halogens is 6. The highest BCUT2D eigenvalue weighted by atomic mass is 35.5. The molecule has 0 spiro atoms. The van der Waals surface area contributed by atoms with Crippen LogP contribution >= 0.6 is 34.8 Å². The van der Waals surface area contributed by atoms with Crippen molar-refractivity contribution < 1.29 is 18.3 Å². The first-order chi connectivity index (χ1) is 9.75.